The van der Waals surface area contributed by atoms with Crippen LogP contribution in [0.2, 0.25) is 5.02 Å². The maximum atomic E-state index is 12.4. The Kier molecular flexibility index (Phi) is 7.33. The molecule has 0 aliphatic rings. The highest BCUT2D eigenvalue weighted by atomic mass is 35.5. The van der Waals surface area contributed by atoms with Crippen molar-refractivity contribution >= 4 is 40.7 Å². The smallest absolute Gasteiger partial charge is 0.255 e. The topological polar surface area (TPSA) is 55.4 Å². The van der Waals surface area contributed by atoms with Crippen LogP contribution in [0.3, 0.4) is 0 Å². The average Bonchev–Trinajstić information content (AvgIpc) is 2.74. The second-order valence-electron chi connectivity index (χ2n) is 6.16. The van der Waals surface area contributed by atoms with Crippen molar-refractivity contribution in [2.45, 2.75) is 11.8 Å². The van der Waals surface area contributed by atoms with E-state index in [9.17, 15) is 9.59 Å². The van der Waals surface area contributed by atoms with Gasteiger partial charge in [-0.1, -0.05) is 17.7 Å². The van der Waals surface area contributed by atoms with Gasteiger partial charge in [-0.3, -0.25) is 9.59 Å². The number of Topliss-reactive ketones (excluding diaryl/α,β-unsaturated/α-hetero) is 1. The van der Waals surface area contributed by atoms with Gasteiger partial charge in [0.25, 0.3) is 5.91 Å². The highest BCUT2D eigenvalue weighted by molar-refractivity contribution is 8.00. The number of amides is 1. The van der Waals surface area contributed by atoms with Gasteiger partial charge in [0.15, 0.2) is 5.78 Å². The zero-order valence-electron chi connectivity index (χ0n) is 15.9. The number of thioether (sulfide) groups is 1. The lowest BCUT2D eigenvalue weighted by atomic mass is 10.1. The molecule has 0 saturated heterocycles. The second kappa shape index (κ2) is 10.1. The number of hydrogen-bond acceptors (Lipinski definition) is 4. The number of rotatable bonds is 8. The summed E-state index contributed by atoms with van der Waals surface area (Å²) in [5.41, 5.74) is 1.83. The minimum atomic E-state index is -0.224. The number of carbonyl (C=O) groups excluding carboxylic acids is 2. The molecule has 0 atom stereocenters. The van der Waals surface area contributed by atoms with Crippen molar-refractivity contribution in [1.29, 1.82) is 0 Å². The van der Waals surface area contributed by atoms with Crippen molar-refractivity contribution in [3.63, 3.8) is 0 Å². The summed E-state index contributed by atoms with van der Waals surface area (Å²) in [6.07, 6.45) is 0. The molecule has 0 aliphatic carbocycles. The first kappa shape index (κ1) is 21.0. The maximum absolute atomic E-state index is 12.4. The van der Waals surface area contributed by atoms with Gasteiger partial charge in [-0.25, -0.2) is 0 Å². The third kappa shape index (κ3) is 6.11. The predicted octanol–water partition coefficient (Wildman–Crippen LogP) is 5.97. The normalized spacial score (nSPS) is 10.4. The number of benzene rings is 3. The van der Waals surface area contributed by atoms with E-state index in [1.165, 1.54) is 11.8 Å². The van der Waals surface area contributed by atoms with Gasteiger partial charge in [0.2, 0.25) is 0 Å². The molecule has 3 aromatic rings. The van der Waals surface area contributed by atoms with E-state index >= 15 is 0 Å². The van der Waals surface area contributed by atoms with E-state index in [0.29, 0.717) is 34.2 Å². The largest absolute Gasteiger partial charge is 0.494 e. The summed E-state index contributed by atoms with van der Waals surface area (Å²) in [4.78, 5) is 25.6. The molecular weight excluding hydrogens is 406 g/mol. The number of ketones is 1. The van der Waals surface area contributed by atoms with Gasteiger partial charge in [0.05, 0.1) is 12.4 Å². The van der Waals surface area contributed by atoms with E-state index in [-0.39, 0.29) is 11.7 Å². The van der Waals surface area contributed by atoms with E-state index in [4.69, 9.17) is 16.3 Å². The molecule has 0 fully saturated rings. The lowest BCUT2D eigenvalue weighted by molar-refractivity contribution is 0.101. The van der Waals surface area contributed by atoms with Crippen molar-refractivity contribution in [2.24, 2.45) is 0 Å². The Hall–Kier alpha value is -2.76. The Balaban J connectivity index is 1.53. The van der Waals surface area contributed by atoms with Crippen LogP contribution >= 0.6 is 23.4 Å². The van der Waals surface area contributed by atoms with Crippen LogP contribution in [0, 0.1) is 0 Å². The fourth-order valence-corrected chi connectivity index (χ4v) is 3.59. The zero-order chi connectivity index (χ0) is 20.6. The molecule has 0 heterocycles. The average molecular weight is 426 g/mol. The van der Waals surface area contributed by atoms with Crippen molar-refractivity contribution in [3.8, 4) is 5.75 Å². The molecule has 4 nitrogen and oxygen atoms in total. The van der Waals surface area contributed by atoms with Gasteiger partial charge in [-0.05, 0) is 73.7 Å². The van der Waals surface area contributed by atoms with Gasteiger partial charge in [0.1, 0.15) is 5.75 Å². The van der Waals surface area contributed by atoms with Gasteiger partial charge in [-0.15, -0.1) is 11.8 Å². The molecule has 0 unspecified atom stereocenters. The fraction of sp³-hybridized carbons (Fsp3) is 0.130. The maximum Gasteiger partial charge on any atom is 0.255 e. The SMILES string of the molecule is CCOc1ccc(C(=O)CSc2ccc(NC(=O)c3cccc(Cl)c3)cc2)cc1. The van der Waals surface area contributed by atoms with Gasteiger partial charge < -0.3 is 10.1 Å². The first-order chi connectivity index (χ1) is 14.0. The highest BCUT2D eigenvalue weighted by Gasteiger charge is 2.09. The predicted molar refractivity (Wildman–Crippen MR) is 119 cm³/mol. The van der Waals surface area contributed by atoms with Crippen LogP contribution in [0.1, 0.15) is 27.6 Å². The summed E-state index contributed by atoms with van der Waals surface area (Å²) in [6, 6.07) is 21.3. The third-order valence-electron chi connectivity index (χ3n) is 4.06. The van der Waals surface area contributed by atoms with Crippen molar-refractivity contribution in [3.05, 3.63) is 88.9 Å². The van der Waals surface area contributed by atoms with E-state index in [0.717, 1.165) is 10.6 Å². The standard InChI is InChI=1S/C23H20ClNO3S/c1-2-28-20-10-6-16(7-11-20)22(26)15-29-21-12-8-19(9-13-21)25-23(27)17-4-3-5-18(24)14-17/h3-14H,2,15H2,1H3,(H,25,27). The van der Waals surface area contributed by atoms with Crippen LogP contribution in [0.25, 0.3) is 0 Å². The Morgan fingerprint density at radius 2 is 1.69 bits per heavy atom. The first-order valence-corrected chi connectivity index (χ1v) is 10.5. The Morgan fingerprint density at radius 3 is 2.34 bits per heavy atom. The molecule has 29 heavy (non-hydrogen) atoms. The Labute approximate surface area is 179 Å². The van der Waals surface area contributed by atoms with Gasteiger partial charge in [0, 0.05) is 26.7 Å². The van der Waals surface area contributed by atoms with Gasteiger partial charge in [-0.2, -0.15) is 0 Å². The summed E-state index contributed by atoms with van der Waals surface area (Å²) in [7, 11) is 0. The highest BCUT2D eigenvalue weighted by Crippen LogP contribution is 2.23. The molecule has 0 radical (unpaired) electrons. The van der Waals surface area contributed by atoms with Crippen molar-refractivity contribution in [1.82, 2.24) is 0 Å². The molecule has 0 bridgehead atoms. The Morgan fingerprint density at radius 1 is 0.966 bits per heavy atom. The molecule has 6 heteroatoms. The zero-order valence-corrected chi connectivity index (χ0v) is 17.4. The summed E-state index contributed by atoms with van der Waals surface area (Å²) >= 11 is 7.38. The molecule has 1 N–H and O–H groups in total. The number of halogens is 1. The summed E-state index contributed by atoms with van der Waals surface area (Å²) in [5.74, 6) is 0.921. The molecule has 1 amide bonds. The summed E-state index contributed by atoms with van der Waals surface area (Å²) in [6.45, 7) is 2.52. The number of carbonyl (C=O) groups is 2. The number of hydrogen-bond donors (Lipinski definition) is 1. The minimum Gasteiger partial charge on any atom is -0.494 e. The molecule has 0 spiro atoms. The quantitative estimate of drug-likeness (QED) is 0.357. The van der Waals surface area contributed by atoms with Crippen LogP contribution < -0.4 is 10.1 Å². The van der Waals surface area contributed by atoms with E-state index in [2.05, 4.69) is 5.32 Å². The van der Waals surface area contributed by atoms with Crippen LogP contribution in [-0.4, -0.2) is 24.1 Å². The number of ether oxygens (including phenoxy) is 1. The number of nitrogens with one attached hydrogen (secondary N) is 1. The lowest BCUT2D eigenvalue weighted by Gasteiger charge is -2.07. The van der Waals surface area contributed by atoms with E-state index < -0.39 is 0 Å². The number of anilines is 1. The van der Waals surface area contributed by atoms with Crippen LogP contribution in [0.4, 0.5) is 5.69 Å². The second-order valence-corrected chi connectivity index (χ2v) is 7.64. The van der Waals surface area contributed by atoms with Crippen molar-refractivity contribution in [2.75, 3.05) is 17.7 Å². The molecule has 0 saturated carbocycles. The molecule has 0 aromatic heterocycles. The third-order valence-corrected chi connectivity index (χ3v) is 5.30. The summed E-state index contributed by atoms with van der Waals surface area (Å²) < 4.78 is 5.39. The van der Waals surface area contributed by atoms with E-state index in [1.807, 2.05) is 31.2 Å². The molecule has 148 valence electrons. The fourth-order valence-electron chi connectivity index (χ4n) is 2.60. The van der Waals surface area contributed by atoms with Gasteiger partial charge >= 0.3 is 0 Å². The molecular formula is C23H20ClNO3S. The van der Waals surface area contributed by atoms with Crippen LogP contribution in [-0.2, 0) is 0 Å². The minimum absolute atomic E-state index is 0.0522. The molecule has 3 rings (SSSR count). The molecule has 0 aliphatic heterocycles. The van der Waals surface area contributed by atoms with Crippen molar-refractivity contribution < 1.29 is 14.3 Å². The first-order valence-electron chi connectivity index (χ1n) is 9.11. The van der Waals surface area contributed by atoms with Crippen LogP contribution in [0.5, 0.6) is 5.75 Å². The monoisotopic (exact) mass is 425 g/mol. The lowest BCUT2D eigenvalue weighted by Crippen LogP contribution is -2.11. The Bertz CT molecular complexity index is 988. The van der Waals surface area contributed by atoms with Crippen LogP contribution in [0.15, 0.2) is 77.7 Å². The van der Waals surface area contributed by atoms with E-state index in [1.54, 1.807) is 48.5 Å². The molecule has 3 aromatic carbocycles. The summed E-state index contributed by atoms with van der Waals surface area (Å²) in [5, 5.41) is 3.35.